The number of hydrogen-bond acceptors (Lipinski definition) is 7. The Bertz CT molecular complexity index is 1430. The average Bonchev–Trinajstić information content (AvgIpc) is 3.18. The van der Waals surface area contributed by atoms with Gasteiger partial charge in [0.15, 0.2) is 0 Å². The van der Waals surface area contributed by atoms with E-state index in [2.05, 4.69) is 4.99 Å². The number of amides is 1. The van der Waals surface area contributed by atoms with Gasteiger partial charge in [0, 0.05) is 11.1 Å². The summed E-state index contributed by atoms with van der Waals surface area (Å²) in [6, 6.07) is 16.3. The van der Waals surface area contributed by atoms with Gasteiger partial charge < -0.3 is 19.3 Å². The van der Waals surface area contributed by atoms with Crippen LogP contribution in [-0.4, -0.2) is 42.9 Å². The Morgan fingerprint density at radius 1 is 1.03 bits per heavy atom. The molecule has 1 aliphatic rings. The number of aliphatic imine (C=N–C) groups is 1. The molecule has 0 unspecified atom stereocenters. The zero-order valence-corrected chi connectivity index (χ0v) is 21.1. The number of carbonyl (C=O) groups excluding carboxylic acids is 2. The van der Waals surface area contributed by atoms with Crippen molar-refractivity contribution in [3.8, 4) is 11.5 Å². The van der Waals surface area contributed by atoms with Crippen molar-refractivity contribution in [2.45, 2.75) is 13.8 Å². The van der Waals surface area contributed by atoms with Gasteiger partial charge in [-0.2, -0.15) is 0 Å². The van der Waals surface area contributed by atoms with Gasteiger partial charge in [-0.05, 0) is 61.0 Å². The average molecular weight is 504 g/mol. The van der Waals surface area contributed by atoms with Crippen molar-refractivity contribution in [3.63, 3.8) is 0 Å². The van der Waals surface area contributed by atoms with Crippen LogP contribution in [0, 0.1) is 6.92 Å². The minimum atomic E-state index is -0.757. The zero-order chi connectivity index (χ0) is 25.8. The number of esters is 1. The van der Waals surface area contributed by atoms with Gasteiger partial charge in [-0.25, -0.2) is 9.79 Å². The van der Waals surface area contributed by atoms with E-state index < -0.39 is 11.9 Å². The molecule has 0 aromatic heterocycles. The number of aryl methyl sites for hydroxylation is 1. The first kappa shape index (κ1) is 25.1. The van der Waals surface area contributed by atoms with Crippen LogP contribution in [0.4, 0.5) is 0 Å². The van der Waals surface area contributed by atoms with Gasteiger partial charge >= 0.3 is 5.97 Å². The van der Waals surface area contributed by atoms with Crippen molar-refractivity contribution in [1.29, 1.82) is 0 Å². The van der Waals surface area contributed by atoms with Crippen LogP contribution in [-0.2, 0) is 9.53 Å². The molecule has 0 aliphatic carbocycles. The molecule has 36 heavy (non-hydrogen) atoms. The molecule has 1 amide bonds. The second-order valence-electron chi connectivity index (χ2n) is 7.91. The maximum absolute atomic E-state index is 12.8. The van der Waals surface area contributed by atoms with E-state index in [-0.39, 0.29) is 23.0 Å². The predicted octanol–water partition coefficient (Wildman–Crippen LogP) is 5.87. The number of carbonyl (C=O) groups is 2. The van der Waals surface area contributed by atoms with Gasteiger partial charge in [-0.3, -0.25) is 4.79 Å². The van der Waals surface area contributed by atoms with Crippen molar-refractivity contribution in [2.75, 3.05) is 20.8 Å². The minimum Gasteiger partial charge on any atom is -0.506 e. The molecule has 0 fully saturated rings. The number of thioether (sulfide) groups is 1. The summed E-state index contributed by atoms with van der Waals surface area (Å²) in [6.45, 7) is 3.69. The minimum absolute atomic E-state index is 0.0690. The number of methoxy groups -OCH3 is 2. The Hall–Kier alpha value is -4.04. The molecule has 3 aromatic carbocycles. The maximum Gasteiger partial charge on any atom is 0.344 e. The van der Waals surface area contributed by atoms with Crippen LogP contribution in [0.3, 0.4) is 0 Å². The quantitative estimate of drug-likeness (QED) is 0.421. The smallest absolute Gasteiger partial charge is 0.344 e. The van der Waals surface area contributed by atoms with E-state index in [4.69, 9.17) is 14.2 Å². The van der Waals surface area contributed by atoms with Crippen molar-refractivity contribution in [2.24, 2.45) is 4.99 Å². The van der Waals surface area contributed by atoms with Gasteiger partial charge in [-0.1, -0.05) is 41.6 Å². The van der Waals surface area contributed by atoms with Crippen LogP contribution in [0.15, 0.2) is 75.8 Å². The number of rotatable bonds is 6. The molecule has 7 nitrogen and oxygen atoms in total. The van der Waals surface area contributed by atoms with E-state index in [0.29, 0.717) is 27.5 Å². The number of nitrogens with zero attached hydrogens (tertiary/aromatic N) is 1. The summed E-state index contributed by atoms with van der Waals surface area (Å²) in [6.07, 6.45) is 1.71. The summed E-state index contributed by atoms with van der Waals surface area (Å²) in [4.78, 5) is 30.1. The third kappa shape index (κ3) is 4.99. The highest BCUT2D eigenvalue weighted by molar-refractivity contribution is 8.18. The number of fused-ring (bicyclic) bond motifs is 1. The highest BCUT2D eigenvalue weighted by atomic mass is 32.2. The lowest BCUT2D eigenvalue weighted by Crippen LogP contribution is -2.14. The molecule has 0 atom stereocenters. The third-order valence-corrected chi connectivity index (χ3v) is 6.62. The summed E-state index contributed by atoms with van der Waals surface area (Å²) in [7, 11) is 3.14. The summed E-state index contributed by atoms with van der Waals surface area (Å²) in [5.74, 6) is -0.368. The van der Waals surface area contributed by atoms with Crippen molar-refractivity contribution in [3.05, 3.63) is 87.5 Å². The van der Waals surface area contributed by atoms with E-state index in [1.807, 2.05) is 37.3 Å². The lowest BCUT2D eigenvalue weighted by atomic mass is 10.0. The predicted molar refractivity (Wildman–Crippen MR) is 142 cm³/mol. The normalized spacial score (nSPS) is 15.6. The zero-order valence-electron chi connectivity index (χ0n) is 20.3. The number of benzene rings is 3. The Kier molecular flexibility index (Phi) is 7.45. The van der Waals surface area contributed by atoms with E-state index in [1.165, 1.54) is 0 Å². The Labute approximate surface area is 213 Å². The molecule has 8 heteroatoms. The van der Waals surface area contributed by atoms with Gasteiger partial charge in [-0.15, -0.1) is 0 Å². The summed E-state index contributed by atoms with van der Waals surface area (Å²) < 4.78 is 16.1. The lowest BCUT2D eigenvalue weighted by molar-refractivity contribution is -0.138. The summed E-state index contributed by atoms with van der Waals surface area (Å²) in [5.41, 5.74) is 1.91. The first-order chi connectivity index (χ1) is 17.4. The third-order valence-electron chi connectivity index (χ3n) is 5.60. The van der Waals surface area contributed by atoms with Gasteiger partial charge in [0.1, 0.15) is 27.9 Å². The van der Waals surface area contributed by atoms with E-state index in [9.17, 15) is 14.7 Å². The summed E-state index contributed by atoms with van der Waals surface area (Å²) >= 11 is 1.02. The van der Waals surface area contributed by atoms with E-state index in [0.717, 1.165) is 28.1 Å². The highest BCUT2D eigenvalue weighted by Gasteiger charge is 2.34. The molecule has 0 spiro atoms. The second-order valence-corrected chi connectivity index (χ2v) is 8.94. The lowest BCUT2D eigenvalue weighted by Gasteiger charge is -2.11. The fraction of sp³-hybridized carbons (Fsp3) is 0.179. The van der Waals surface area contributed by atoms with Crippen molar-refractivity contribution in [1.82, 2.24) is 0 Å². The molecular weight excluding hydrogens is 478 g/mol. The molecule has 1 aliphatic heterocycles. The molecule has 0 saturated carbocycles. The van der Waals surface area contributed by atoms with Gasteiger partial charge in [0.05, 0.1) is 25.7 Å². The number of hydrogen-bond donors (Lipinski definition) is 1. The van der Waals surface area contributed by atoms with Crippen molar-refractivity contribution >= 4 is 45.5 Å². The molecule has 0 saturated heterocycles. The monoisotopic (exact) mass is 503 g/mol. The molecule has 0 bridgehead atoms. The van der Waals surface area contributed by atoms with Crippen LogP contribution in [0.25, 0.3) is 16.8 Å². The highest BCUT2D eigenvalue weighted by Crippen LogP contribution is 2.42. The number of aliphatic hydroxyl groups is 1. The fourth-order valence-electron chi connectivity index (χ4n) is 3.73. The molecule has 184 valence electrons. The molecule has 4 rings (SSSR count). The second kappa shape index (κ2) is 10.7. The maximum atomic E-state index is 12.8. The fourth-order valence-corrected chi connectivity index (χ4v) is 4.73. The number of ether oxygens (including phenoxy) is 3. The Balaban J connectivity index is 1.84. The van der Waals surface area contributed by atoms with Gasteiger partial charge in [0.25, 0.3) is 5.91 Å². The van der Waals surface area contributed by atoms with E-state index in [1.54, 1.807) is 51.5 Å². The SMILES string of the molecule is CCOC(=O)C1=C(O)/C(=C/c2c(OC)ccc3ccc(OC)cc23)SC1=NC(=O)c1ccc(C)cc1. The van der Waals surface area contributed by atoms with Crippen LogP contribution in [0.2, 0.25) is 0 Å². The van der Waals surface area contributed by atoms with Crippen LogP contribution in [0.5, 0.6) is 11.5 Å². The first-order valence-corrected chi connectivity index (χ1v) is 12.0. The van der Waals surface area contributed by atoms with Crippen LogP contribution >= 0.6 is 11.8 Å². The topological polar surface area (TPSA) is 94.4 Å². The van der Waals surface area contributed by atoms with Crippen LogP contribution < -0.4 is 9.47 Å². The molecule has 0 radical (unpaired) electrons. The van der Waals surface area contributed by atoms with E-state index >= 15 is 0 Å². The summed E-state index contributed by atoms with van der Waals surface area (Å²) in [5, 5.41) is 12.9. The Morgan fingerprint density at radius 2 is 1.75 bits per heavy atom. The molecular formula is C28H25NO6S. The number of aliphatic hydroxyl groups excluding tert-OH is 1. The van der Waals surface area contributed by atoms with Crippen LogP contribution in [0.1, 0.15) is 28.4 Å². The standard InChI is InChI=1S/C28H25NO6S/c1-5-35-28(32)24-25(30)23(36-27(24)29-26(31)18-8-6-16(2)7-9-18)15-21-20-14-19(33-3)12-10-17(20)11-13-22(21)34-4/h6-15,30H,5H2,1-4H3/b23-15-,29-27?. The Morgan fingerprint density at radius 3 is 2.42 bits per heavy atom. The molecule has 1 N–H and O–H groups in total. The molecule has 1 heterocycles. The molecule has 3 aromatic rings. The van der Waals surface area contributed by atoms with Gasteiger partial charge in [0.2, 0.25) is 0 Å². The van der Waals surface area contributed by atoms with Crippen molar-refractivity contribution < 1.29 is 28.9 Å². The first-order valence-electron chi connectivity index (χ1n) is 11.2. The largest absolute Gasteiger partial charge is 0.506 e.